The zero-order valence-corrected chi connectivity index (χ0v) is 19.8. The number of carbonyl (C=O) groups excluding carboxylic acids is 1. The summed E-state index contributed by atoms with van der Waals surface area (Å²) in [6, 6.07) is 7.27. The van der Waals surface area contributed by atoms with E-state index in [0.29, 0.717) is 12.1 Å². The Labute approximate surface area is 198 Å². The van der Waals surface area contributed by atoms with Gasteiger partial charge >= 0.3 is 6.09 Å². The first kappa shape index (κ1) is 24.3. The predicted octanol–water partition coefficient (Wildman–Crippen LogP) is 4.25. The lowest BCUT2D eigenvalue weighted by molar-refractivity contribution is -0.0342. The fourth-order valence-electron chi connectivity index (χ4n) is 4.94. The summed E-state index contributed by atoms with van der Waals surface area (Å²) in [6.07, 6.45) is 0.947. The Bertz CT molecular complexity index is 949. The van der Waals surface area contributed by atoms with E-state index >= 15 is 4.39 Å². The second-order valence-electron chi connectivity index (χ2n) is 9.93. The van der Waals surface area contributed by atoms with Gasteiger partial charge in [0.05, 0.1) is 0 Å². The van der Waals surface area contributed by atoms with Crippen molar-refractivity contribution in [3.63, 3.8) is 0 Å². The highest BCUT2D eigenvalue weighted by molar-refractivity contribution is 5.69. The number of nitrogens with zero attached hydrogens (tertiary/aromatic N) is 3. The van der Waals surface area contributed by atoms with Gasteiger partial charge in [-0.05, 0) is 64.3 Å². The zero-order chi connectivity index (χ0) is 24.3. The van der Waals surface area contributed by atoms with Gasteiger partial charge in [0.15, 0.2) is 6.10 Å². The van der Waals surface area contributed by atoms with Crippen molar-refractivity contribution in [1.82, 2.24) is 20.2 Å². The molecule has 1 aliphatic heterocycles. The average molecular weight is 475 g/mol. The number of piperidine rings is 1. The third-order valence-electron chi connectivity index (χ3n) is 6.47. The summed E-state index contributed by atoms with van der Waals surface area (Å²) in [6.45, 7) is 7.41. The van der Waals surface area contributed by atoms with Crippen LogP contribution in [0.3, 0.4) is 0 Å². The number of halogens is 2. The molecule has 1 aromatic carbocycles. The van der Waals surface area contributed by atoms with Crippen LogP contribution in [-0.4, -0.2) is 64.0 Å². The van der Waals surface area contributed by atoms with E-state index in [2.05, 4.69) is 15.3 Å². The fourth-order valence-corrected chi connectivity index (χ4v) is 4.94. The summed E-state index contributed by atoms with van der Waals surface area (Å²) in [7, 11) is 0. The van der Waals surface area contributed by atoms with Gasteiger partial charge in [-0.1, -0.05) is 12.1 Å². The van der Waals surface area contributed by atoms with E-state index in [1.807, 2.05) is 20.8 Å². The van der Waals surface area contributed by atoms with E-state index in [-0.39, 0.29) is 18.3 Å². The minimum absolute atomic E-state index is 0.0464. The molecule has 2 aromatic rings. The van der Waals surface area contributed by atoms with E-state index < -0.39 is 41.7 Å². The number of ether oxygens (including phenoxy) is 2. The van der Waals surface area contributed by atoms with Crippen LogP contribution in [-0.2, 0) is 4.74 Å². The van der Waals surface area contributed by atoms with Gasteiger partial charge in [0.2, 0.25) is 5.88 Å². The van der Waals surface area contributed by atoms with Gasteiger partial charge in [0, 0.05) is 36.3 Å². The Morgan fingerprint density at radius 2 is 1.97 bits per heavy atom. The summed E-state index contributed by atoms with van der Waals surface area (Å²) in [4.78, 5) is 23.1. The van der Waals surface area contributed by atoms with Gasteiger partial charge in [-0.2, -0.15) is 0 Å². The summed E-state index contributed by atoms with van der Waals surface area (Å²) in [5.41, 5.74) is 0.123. The molecule has 1 N–H and O–H groups in total. The minimum Gasteiger partial charge on any atom is -0.470 e. The number of rotatable bonds is 5. The van der Waals surface area contributed by atoms with Gasteiger partial charge in [-0.15, -0.1) is 0 Å². The van der Waals surface area contributed by atoms with Crippen molar-refractivity contribution in [2.75, 3.05) is 13.1 Å². The smallest absolute Gasteiger partial charge is 0.411 e. The Balaban J connectivity index is 1.58. The summed E-state index contributed by atoms with van der Waals surface area (Å²) < 4.78 is 41.1. The highest BCUT2D eigenvalue weighted by Gasteiger charge is 2.50. The number of alkyl halides is 1. The molecule has 0 spiro atoms. The molecule has 0 bridgehead atoms. The molecular formula is C25H32F2N4O3. The lowest BCUT2D eigenvalue weighted by atomic mass is 9.96. The minimum atomic E-state index is -1.52. The predicted molar refractivity (Wildman–Crippen MR) is 123 cm³/mol. The van der Waals surface area contributed by atoms with Crippen molar-refractivity contribution in [2.24, 2.45) is 0 Å². The third-order valence-corrected chi connectivity index (χ3v) is 6.47. The maximum atomic E-state index is 15.8. The van der Waals surface area contributed by atoms with Crippen molar-refractivity contribution in [3.05, 3.63) is 54.2 Å². The first-order valence-electron chi connectivity index (χ1n) is 11.8. The summed E-state index contributed by atoms with van der Waals surface area (Å²) >= 11 is 0. The number of amides is 1. The second kappa shape index (κ2) is 10.2. The van der Waals surface area contributed by atoms with Crippen molar-refractivity contribution in [3.8, 4) is 5.88 Å². The van der Waals surface area contributed by atoms with Crippen LogP contribution in [0.1, 0.15) is 51.5 Å². The lowest BCUT2D eigenvalue weighted by Crippen LogP contribution is -2.57. The Morgan fingerprint density at radius 3 is 2.59 bits per heavy atom. The topological polar surface area (TPSA) is 76.6 Å². The normalized spacial score (nSPS) is 27.3. The molecule has 5 unspecified atom stereocenters. The Morgan fingerprint density at radius 1 is 1.21 bits per heavy atom. The van der Waals surface area contributed by atoms with Gasteiger partial charge in [0.1, 0.15) is 24.4 Å². The molecule has 0 radical (unpaired) electrons. The molecule has 1 amide bonds. The molecule has 184 valence electrons. The highest BCUT2D eigenvalue weighted by atomic mass is 19.1. The largest absolute Gasteiger partial charge is 0.470 e. The molecule has 2 fully saturated rings. The van der Waals surface area contributed by atoms with E-state index in [0.717, 1.165) is 19.4 Å². The molecule has 5 atom stereocenters. The molecule has 4 rings (SSSR count). The van der Waals surface area contributed by atoms with Gasteiger partial charge < -0.3 is 14.8 Å². The first-order chi connectivity index (χ1) is 16.2. The van der Waals surface area contributed by atoms with Crippen LogP contribution < -0.4 is 10.1 Å². The van der Waals surface area contributed by atoms with Crippen LogP contribution in [0.5, 0.6) is 5.88 Å². The molecular weight excluding hydrogens is 442 g/mol. The van der Waals surface area contributed by atoms with E-state index in [1.54, 1.807) is 23.1 Å². The Kier molecular flexibility index (Phi) is 7.30. The van der Waals surface area contributed by atoms with Gasteiger partial charge in [-0.3, -0.25) is 4.90 Å². The molecule has 2 aliphatic rings. The molecule has 1 saturated carbocycles. The van der Waals surface area contributed by atoms with Gasteiger partial charge in [0.25, 0.3) is 0 Å². The van der Waals surface area contributed by atoms with E-state index in [1.165, 1.54) is 24.7 Å². The van der Waals surface area contributed by atoms with Crippen LogP contribution in [0.15, 0.2) is 42.9 Å². The molecule has 1 aliphatic carbocycles. The SMILES string of the molecule is CC(C)(C)N(C(=O)OC1C(Oc2ccncn2)CC(c2ccc(F)cc2)C1F)C1CCCNC1. The van der Waals surface area contributed by atoms with Crippen molar-refractivity contribution in [1.29, 1.82) is 0 Å². The Hall–Kier alpha value is -2.81. The zero-order valence-electron chi connectivity index (χ0n) is 19.8. The number of benzene rings is 1. The summed E-state index contributed by atoms with van der Waals surface area (Å²) in [5.74, 6) is -0.724. The first-order valence-corrected chi connectivity index (χ1v) is 11.8. The fraction of sp³-hybridized carbons (Fsp3) is 0.560. The molecule has 7 nitrogen and oxygen atoms in total. The summed E-state index contributed by atoms with van der Waals surface area (Å²) in [5, 5.41) is 3.33. The molecule has 1 saturated heterocycles. The monoisotopic (exact) mass is 474 g/mol. The van der Waals surface area contributed by atoms with E-state index in [4.69, 9.17) is 9.47 Å². The van der Waals surface area contributed by atoms with E-state index in [9.17, 15) is 9.18 Å². The number of carbonyl (C=O) groups is 1. The maximum absolute atomic E-state index is 15.8. The van der Waals surface area contributed by atoms with Crippen molar-refractivity contribution >= 4 is 6.09 Å². The number of hydrogen-bond donors (Lipinski definition) is 1. The van der Waals surface area contributed by atoms with Crippen LogP contribution in [0.2, 0.25) is 0 Å². The number of hydrogen-bond acceptors (Lipinski definition) is 6. The van der Waals surface area contributed by atoms with Gasteiger partial charge in [-0.25, -0.2) is 23.5 Å². The van der Waals surface area contributed by atoms with Crippen molar-refractivity contribution in [2.45, 2.75) is 75.9 Å². The standard InChI is InChI=1S/C25H32F2N4O3/c1-25(2,3)31(18-5-4-11-28-14-18)24(32)34-23-20(33-21-10-12-29-15-30-21)13-19(22(23)27)16-6-8-17(26)9-7-16/h6-10,12,15,18-20,22-23,28H,4-5,11,13-14H2,1-3H3. The molecule has 34 heavy (non-hydrogen) atoms. The number of aromatic nitrogens is 2. The average Bonchev–Trinajstić information content (AvgIpc) is 3.10. The number of nitrogens with one attached hydrogen (secondary N) is 1. The molecule has 1 aromatic heterocycles. The maximum Gasteiger partial charge on any atom is 0.411 e. The highest BCUT2D eigenvalue weighted by Crippen LogP contribution is 2.41. The quantitative estimate of drug-likeness (QED) is 0.698. The van der Waals surface area contributed by atoms with Crippen LogP contribution >= 0.6 is 0 Å². The lowest BCUT2D eigenvalue weighted by Gasteiger charge is -2.43. The van der Waals surface area contributed by atoms with Crippen LogP contribution in [0, 0.1) is 5.82 Å². The van der Waals surface area contributed by atoms with Crippen LogP contribution in [0.4, 0.5) is 13.6 Å². The van der Waals surface area contributed by atoms with Crippen molar-refractivity contribution < 1.29 is 23.0 Å². The third kappa shape index (κ3) is 5.46. The van der Waals surface area contributed by atoms with Crippen LogP contribution in [0.25, 0.3) is 0 Å². The second-order valence-corrected chi connectivity index (χ2v) is 9.93. The molecule has 9 heteroatoms. The molecule has 2 heterocycles.